The zero-order valence-electron chi connectivity index (χ0n) is 11.2. The molecule has 1 heterocycles. The van der Waals surface area contributed by atoms with E-state index in [2.05, 4.69) is 0 Å². The lowest BCUT2D eigenvalue weighted by Crippen LogP contribution is -2.45. The van der Waals surface area contributed by atoms with Gasteiger partial charge in [-0.2, -0.15) is 0 Å². The van der Waals surface area contributed by atoms with Crippen molar-refractivity contribution in [2.24, 2.45) is 5.73 Å². The molecule has 0 amide bonds. The van der Waals surface area contributed by atoms with Crippen LogP contribution in [0.2, 0.25) is 5.02 Å². The number of hydrogen-bond donors (Lipinski definition) is 2. The van der Waals surface area contributed by atoms with Gasteiger partial charge in [0.05, 0.1) is 16.4 Å². The minimum absolute atomic E-state index is 0.321. The molecule has 1 fully saturated rings. The summed E-state index contributed by atoms with van der Waals surface area (Å²) < 4.78 is 0. The van der Waals surface area contributed by atoms with Crippen molar-refractivity contribution < 1.29 is 9.90 Å². The van der Waals surface area contributed by atoms with Crippen LogP contribution in [0.15, 0.2) is 24.3 Å². The van der Waals surface area contributed by atoms with E-state index < -0.39 is 17.4 Å². The molecule has 0 aromatic heterocycles. The Balaban J connectivity index is 2.20. The molecule has 1 aromatic carbocycles. The first-order valence-electron chi connectivity index (χ1n) is 6.38. The molecule has 0 saturated carbocycles. The van der Waals surface area contributed by atoms with E-state index in [0.717, 1.165) is 6.42 Å². The molecular weight excluding hydrogens is 296 g/mol. The highest BCUT2D eigenvalue weighted by molar-refractivity contribution is 7.80. The van der Waals surface area contributed by atoms with E-state index in [1.54, 1.807) is 24.3 Å². The Kier molecular flexibility index (Phi) is 4.32. The second-order valence-electron chi connectivity index (χ2n) is 5.36. The first kappa shape index (κ1) is 15.2. The van der Waals surface area contributed by atoms with Gasteiger partial charge in [0, 0.05) is 18.1 Å². The number of nitrogens with zero attached hydrogens (tertiary/aromatic N) is 1. The van der Waals surface area contributed by atoms with Gasteiger partial charge in [0.1, 0.15) is 0 Å². The van der Waals surface area contributed by atoms with Gasteiger partial charge in [-0.3, -0.25) is 4.79 Å². The van der Waals surface area contributed by atoms with E-state index >= 15 is 0 Å². The lowest BCUT2D eigenvalue weighted by Gasteiger charge is -2.26. The number of hydrogen-bond acceptors (Lipinski definition) is 3. The molecule has 108 valence electrons. The van der Waals surface area contributed by atoms with Crippen molar-refractivity contribution in [2.75, 3.05) is 13.1 Å². The quantitative estimate of drug-likeness (QED) is 0.835. The highest BCUT2D eigenvalue weighted by atomic mass is 35.5. The minimum atomic E-state index is -0.888. The molecule has 20 heavy (non-hydrogen) atoms. The molecule has 1 aromatic rings. The summed E-state index contributed by atoms with van der Waals surface area (Å²) in [6.07, 6.45) is 0.744. The van der Waals surface area contributed by atoms with E-state index in [-0.39, 0.29) is 0 Å². The van der Waals surface area contributed by atoms with Crippen molar-refractivity contribution in [3.05, 3.63) is 34.9 Å². The maximum absolute atomic E-state index is 11.5. The summed E-state index contributed by atoms with van der Waals surface area (Å²) in [6, 6.07) is 6.93. The molecular formula is C14H17ClN2O2S. The fourth-order valence-electron chi connectivity index (χ4n) is 2.38. The second kappa shape index (κ2) is 5.68. The van der Waals surface area contributed by atoms with Gasteiger partial charge in [-0.05, 0) is 31.0 Å². The van der Waals surface area contributed by atoms with Crippen molar-refractivity contribution in [1.82, 2.24) is 4.90 Å². The predicted molar refractivity (Wildman–Crippen MR) is 83.2 cm³/mol. The molecule has 0 spiro atoms. The number of rotatable bonds is 4. The molecule has 0 radical (unpaired) electrons. The van der Waals surface area contributed by atoms with Crippen LogP contribution in [-0.2, 0) is 4.79 Å². The van der Waals surface area contributed by atoms with Gasteiger partial charge in [-0.25, -0.2) is 0 Å². The molecule has 6 heteroatoms. The van der Waals surface area contributed by atoms with Crippen molar-refractivity contribution in [2.45, 2.75) is 24.8 Å². The monoisotopic (exact) mass is 312 g/mol. The van der Waals surface area contributed by atoms with E-state index in [1.165, 1.54) is 0 Å². The van der Waals surface area contributed by atoms with Crippen molar-refractivity contribution in [3.63, 3.8) is 0 Å². The average Bonchev–Trinajstić information content (AvgIpc) is 2.62. The summed E-state index contributed by atoms with van der Waals surface area (Å²) in [4.78, 5) is 14.0. The highest BCUT2D eigenvalue weighted by Crippen LogP contribution is 2.26. The number of carboxylic acid groups (broad SMARTS) is 1. The summed E-state index contributed by atoms with van der Waals surface area (Å²) in [6.45, 7) is 2.89. The van der Waals surface area contributed by atoms with Crippen LogP contribution in [0.1, 0.15) is 24.8 Å². The van der Waals surface area contributed by atoms with E-state index in [0.29, 0.717) is 28.7 Å². The van der Waals surface area contributed by atoms with Gasteiger partial charge in [0.2, 0.25) is 0 Å². The maximum atomic E-state index is 11.5. The number of carbonyl (C=O) groups is 1. The number of benzene rings is 1. The Hall–Kier alpha value is -1.17. The van der Waals surface area contributed by atoms with Gasteiger partial charge >= 0.3 is 5.97 Å². The van der Waals surface area contributed by atoms with Crippen molar-refractivity contribution >= 4 is 34.8 Å². The molecule has 4 nitrogen and oxygen atoms in total. The van der Waals surface area contributed by atoms with Crippen LogP contribution in [-0.4, -0.2) is 39.6 Å². The molecule has 0 aliphatic carbocycles. The standard InChI is InChI=1S/C14H17ClN2O2S/c1-14(16)5-6-17(13(14)20)8-11(12(18)19)9-3-2-4-10(15)7-9/h2-4,7,11H,5-6,8,16H2,1H3,(H,18,19). The second-order valence-corrected chi connectivity index (χ2v) is 6.19. The third-order valence-electron chi connectivity index (χ3n) is 3.63. The van der Waals surface area contributed by atoms with Crippen molar-refractivity contribution in [1.29, 1.82) is 0 Å². The van der Waals surface area contributed by atoms with Crippen LogP contribution < -0.4 is 5.73 Å². The van der Waals surface area contributed by atoms with E-state index in [1.807, 2.05) is 11.8 Å². The fourth-order valence-corrected chi connectivity index (χ4v) is 2.85. The Labute approximate surface area is 128 Å². The van der Waals surface area contributed by atoms with Crippen LogP contribution in [0.3, 0.4) is 0 Å². The largest absolute Gasteiger partial charge is 0.481 e. The van der Waals surface area contributed by atoms with Crippen LogP contribution in [0.4, 0.5) is 0 Å². The van der Waals surface area contributed by atoms with Gasteiger partial charge in [0.15, 0.2) is 0 Å². The first-order valence-corrected chi connectivity index (χ1v) is 7.16. The van der Waals surface area contributed by atoms with Crippen LogP contribution >= 0.6 is 23.8 Å². The molecule has 1 aliphatic heterocycles. The number of carboxylic acids is 1. The number of nitrogens with two attached hydrogens (primary N) is 1. The highest BCUT2D eigenvalue weighted by Gasteiger charge is 2.37. The average molecular weight is 313 g/mol. The normalized spacial score (nSPS) is 23.9. The van der Waals surface area contributed by atoms with Crippen LogP contribution in [0, 0.1) is 0 Å². The predicted octanol–water partition coefficient (Wildman–Crippen LogP) is 2.26. The van der Waals surface area contributed by atoms with E-state index in [4.69, 9.17) is 29.6 Å². The molecule has 1 saturated heterocycles. The third-order valence-corrected chi connectivity index (χ3v) is 4.59. The lowest BCUT2D eigenvalue weighted by atomic mass is 9.98. The Morgan fingerprint density at radius 3 is 2.85 bits per heavy atom. The first-order chi connectivity index (χ1) is 9.31. The molecule has 2 rings (SSSR count). The van der Waals surface area contributed by atoms with Gasteiger partial charge in [-0.15, -0.1) is 0 Å². The smallest absolute Gasteiger partial charge is 0.312 e. The summed E-state index contributed by atoms with van der Waals surface area (Å²) in [5.41, 5.74) is 6.23. The van der Waals surface area contributed by atoms with Gasteiger partial charge in [0.25, 0.3) is 0 Å². The molecule has 2 unspecified atom stereocenters. The molecule has 3 N–H and O–H groups in total. The zero-order valence-corrected chi connectivity index (χ0v) is 12.7. The van der Waals surface area contributed by atoms with Gasteiger partial charge < -0.3 is 15.7 Å². The maximum Gasteiger partial charge on any atom is 0.312 e. The number of halogens is 1. The number of thiocarbonyl (C=S) groups is 1. The topological polar surface area (TPSA) is 66.6 Å². The van der Waals surface area contributed by atoms with E-state index in [9.17, 15) is 9.90 Å². The summed E-state index contributed by atoms with van der Waals surface area (Å²) in [5, 5.41) is 9.98. The van der Waals surface area contributed by atoms with Crippen LogP contribution in [0.25, 0.3) is 0 Å². The molecule has 0 bridgehead atoms. The summed E-state index contributed by atoms with van der Waals surface area (Å²) in [5.74, 6) is -1.55. The van der Waals surface area contributed by atoms with Crippen LogP contribution in [0.5, 0.6) is 0 Å². The third kappa shape index (κ3) is 3.11. The number of aliphatic carboxylic acids is 1. The number of likely N-dealkylation sites (tertiary alicyclic amines) is 1. The lowest BCUT2D eigenvalue weighted by molar-refractivity contribution is -0.139. The zero-order chi connectivity index (χ0) is 14.9. The SMILES string of the molecule is CC1(N)CCN(CC(C(=O)O)c2cccc(Cl)c2)C1=S. The molecule has 1 aliphatic rings. The Morgan fingerprint density at radius 1 is 1.65 bits per heavy atom. The van der Waals surface area contributed by atoms with Crippen molar-refractivity contribution in [3.8, 4) is 0 Å². The molecule has 2 atom stereocenters. The Morgan fingerprint density at radius 2 is 2.35 bits per heavy atom. The minimum Gasteiger partial charge on any atom is -0.481 e. The summed E-state index contributed by atoms with van der Waals surface area (Å²) >= 11 is 11.3. The summed E-state index contributed by atoms with van der Waals surface area (Å²) in [7, 11) is 0. The fraction of sp³-hybridized carbons (Fsp3) is 0.429. The Bertz CT molecular complexity index is 548. The van der Waals surface area contributed by atoms with Gasteiger partial charge in [-0.1, -0.05) is 36.0 Å².